The molecule has 1 aliphatic carbocycles. The summed E-state index contributed by atoms with van der Waals surface area (Å²) < 4.78 is 5.60. The Kier molecular flexibility index (Phi) is 13.4. The number of aliphatic hydroxyl groups excluding tert-OH is 1. The predicted molar refractivity (Wildman–Crippen MR) is 157 cm³/mol. The van der Waals surface area contributed by atoms with E-state index in [1.165, 1.54) is 19.3 Å². The number of nitrogens with one attached hydrogen (secondary N) is 1. The number of carbonyl (C=O) groups excluding carboxylic acids is 3. The van der Waals surface area contributed by atoms with Crippen LogP contribution in [0.3, 0.4) is 0 Å². The smallest absolute Gasteiger partial charge is 0.305 e. The van der Waals surface area contributed by atoms with Crippen molar-refractivity contribution in [2.45, 2.75) is 102 Å². The van der Waals surface area contributed by atoms with Gasteiger partial charge < -0.3 is 20.1 Å². The van der Waals surface area contributed by atoms with E-state index < -0.39 is 5.92 Å². The van der Waals surface area contributed by atoms with E-state index in [1.807, 2.05) is 30.3 Å². The van der Waals surface area contributed by atoms with Crippen LogP contribution in [0.1, 0.15) is 88.2 Å². The summed E-state index contributed by atoms with van der Waals surface area (Å²) in [5.74, 6) is -0.696. The van der Waals surface area contributed by atoms with Crippen LogP contribution in [0, 0.1) is 11.8 Å². The van der Waals surface area contributed by atoms with Gasteiger partial charge in [-0.25, -0.2) is 0 Å². The lowest BCUT2D eigenvalue weighted by Gasteiger charge is -2.36. The van der Waals surface area contributed by atoms with Crippen molar-refractivity contribution in [2.75, 3.05) is 13.2 Å². The molecule has 0 radical (unpaired) electrons. The summed E-state index contributed by atoms with van der Waals surface area (Å²) in [5.41, 5.74) is 2.22. The zero-order valence-electron chi connectivity index (χ0n) is 24.0. The minimum Gasteiger partial charge on any atom is -0.463 e. The van der Waals surface area contributed by atoms with E-state index in [9.17, 15) is 19.5 Å². The first-order valence-corrected chi connectivity index (χ1v) is 15.1. The van der Waals surface area contributed by atoms with Gasteiger partial charge in [-0.05, 0) is 55.6 Å². The van der Waals surface area contributed by atoms with Crippen molar-refractivity contribution in [3.63, 3.8) is 0 Å². The Morgan fingerprint density at radius 2 is 1.82 bits per heavy atom. The number of rotatable bonds is 16. The van der Waals surface area contributed by atoms with E-state index in [0.29, 0.717) is 31.7 Å². The van der Waals surface area contributed by atoms with Crippen molar-refractivity contribution in [2.24, 2.45) is 11.8 Å². The molecule has 2 amide bonds. The summed E-state index contributed by atoms with van der Waals surface area (Å²) in [4.78, 5) is 41.0. The van der Waals surface area contributed by atoms with Gasteiger partial charge in [0.05, 0.1) is 24.6 Å². The fourth-order valence-electron chi connectivity index (χ4n) is 5.99. The highest BCUT2D eigenvalue weighted by Crippen LogP contribution is 2.28. The lowest BCUT2D eigenvalue weighted by atomic mass is 9.84. The lowest BCUT2D eigenvalue weighted by Crippen LogP contribution is -2.48. The molecule has 0 saturated heterocycles. The van der Waals surface area contributed by atoms with Crippen molar-refractivity contribution in [3.05, 3.63) is 60.7 Å². The number of ether oxygens (including phenoxy) is 1. The molecule has 1 heterocycles. The number of fused-ring (bicyclic) bond motifs is 1. The molecule has 0 aromatic heterocycles. The number of carbonyl (C=O) groups is 3. The zero-order valence-corrected chi connectivity index (χ0v) is 24.0. The summed E-state index contributed by atoms with van der Waals surface area (Å²) in [6.45, 7) is 7.98. The highest BCUT2D eigenvalue weighted by atomic mass is 16.5. The Bertz CT molecular complexity index is 987. The number of allylic oxidation sites excluding steroid dienone is 2. The van der Waals surface area contributed by atoms with Gasteiger partial charge in [-0.3, -0.25) is 14.4 Å². The first kappa shape index (κ1) is 31.6. The Morgan fingerprint density at radius 3 is 2.52 bits per heavy atom. The Hall–Kier alpha value is -2.93. The molecule has 1 aromatic rings. The molecule has 1 saturated carbocycles. The minimum absolute atomic E-state index is 0.0375. The van der Waals surface area contributed by atoms with Crippen LogP contribution in [0.25, 0.3) is 0 Å². The second-order valence-corrected chi connectivity index (χ2v) is 11.4. The van der Waals surface area contributed by atoms with Crippen LogP contribution >= 0.6 is 0 Å². The first-order chi connectivity index (χ1) is 19.4. The van der Waals surface area contributed by atoms with E-state index in [4.69, 9.17) is 4.74 Å². The number of nitrogens with zero attached hydrogens (tertiary/aromatic N) is 1. The molecule has 2 aliphatic rings. The van der Waals surface area contributed by atoms with Crippen LogP contribution in [-0.4, -0.2) is 53.1 Å². The highest BCUT2D eigenvalue weighted by molar-refractivity contribution is 5.86. The largest absolute Gasteiger partial charge is 0.463 e. The molecular formula is C33H48N2O5. The lowest BCUT2D eigenvalue weighted by molar-refractivity contribution is -0.145. The molecule has 3 atom stereocenters. The maximum Gasteiger partial charge on any atom is 0.305 e. The maximum absolute atomic E-state index is 13.5. The van der Waals surface area contributed by atoms with E-state index in [1.54, 1.807) is 11.0 Å². The quantitative estimate of drug-likeness (QED) is 0.166. The summed E-state index contributed by atoms with van der Waals surface area (Å²) in [5, 5.41) is 13.1. The molecule has 3 rings (SSSR count). The number of amides is 2. The van der Waals surface area contributed by atoms with Gasteiger partial charge in [0.15, 0.2) is 0 Å². The first-order valence-electron chi connectivity index (χ1n) is 15.1. The van der Waals surface area contributed by atoms with Gasteiger partial charge in [-0.2, -0.15) is 0 Å². The molecule has 2 N–H and O–H groups in total. The number of aliphatic hydroxyl groups is 1. The Balaban J connectivity index is 1.62. The zero-order chi connectivity index (χ0) is 28.7. The van der Waals surface area contributed by atoms with Crippen molar-refractivity contribution in [1.82, 2.24) is 10.2 Å². The predicted octanol–water partition coefficient (Wildman–Crippen LogP) is 5.26. The summed E-state index contributed by atoms with van der Waals surface area (Å²) in [7, 11) is 0. The summed E-state index contributed by atoms with van der Waals surface area (Å²) in [6, 6.07) is 7.37. The van der Waals surface area contributed by atoms with Crippen molar-refractivity contribution >= 4 is 17.8 Å². The van der Waals surface area contributed by atoms with Crippen molar-refractivity contribution in [1.29, 1.82) is 0 Å². The fraction of sp³-hybridized carbons (Fsp3) is 0.606. The number of unbranched alkanes of at least 4 members (excludes halogenated alkanes) is 2. The van der Waals surface area contributed by atoms with Gasteiger partial charge in [0.2, 0.25) is 11.8 Å². The average molecular weight is 553 g/mol. The number of esters is 1. The minimum atomic E-state index is -0.579. The molecule has 7 nitrogen and oxygen atoms in total. The monoisotopic (exact) mass is 552 g/mol. The van der Waals surface area contributed by atoms with Crippen LogP contribution in [0.4, 0.5) is 0 Å². The summed E-state index contributed by atoms with van der Waals surface area (Å²) >= 11 is 0. The molecule has 220 valence electrons. The molecule has 40 heavy (non-hydrogen) atoms. The molecule has 1 aliphatic heterocycles. The van der Waals surface area contributed by atoms with E-state index in [0.717, 1.165) is 49.7 Å². The molecule has 1 aromatic carbocycles. The topological polar surface area (TPSA) is 95.9 Å². The molecule has 0 bridgehead atoms. The molecule has 1 fully saturated rings. The van der Waals surface area contributed by atoms with Crippen LogP contribution in [0.2, 0.25) is 0 Å². The van der Waals surface area contributed by atoms with Gasteiger partial charge >= 0.3 is 5.97 Å². The van der Waals surface area contributed by atoms with Gasteiger partial charge in [0.1, 0.15) is 6.61 Å². The Morgan fingerprint density at radius 1 is 1.07 bits per heavy atom. The third kappa shape index (κ3) is 9.92. The fourth-order valence-corrected chi connectivity index (χ4v) is 5.99. The van der Waals surface area contributed by atoms with Crippen LogP contribution in [-0.2, 0) is 32.1 Å². The van der Waals surface area contributed by atoms with Crippen LogP contribution < -0.4 is 5.32 Å². The average Bonchev–Trinajstić information content (AvgIpc) is 2.97. The van der Waals surface area contributed by atoms with Gasteiger partial charge in [-0.15, -0.1) is 13.2 Å². The highest BCUT2D eigenvalue weighted by Gasteiger charge is 2.32. The number of hydrogen-bond acceptors (Lipinski definition) is 5. The second-order valence-electron chi connectivity index (χ2n) is 11.4. The van der Waals surface area contributed by atoms with Gasteiger partial charge in [-0.1, -0.05) is 68.5 Å². The normalized spacial score (nSPS) is 18.7. The van der Waals surface area contributed by atoms with E-state index >= 15 is 0 Å². The molecule has 7 heteroatoms. The van der Waals surface area contributed by atoms with Crippen LogP contribution in [0.15, 0.2) is 49.6 Å². The van der Waals surface area contributed by atoms with E-state index in [2.05, 4.69) is 18.5 Å². The van der Waals surface area contributed by atoms with Gasteiger partial charge in [0, 0.05) is 19.4 Å². The second kappa shape index (κ2) is 17.0. The molecule has 0 spiro atoms. The Labute approximate surface area is 240 Å². The third-order valence-corrected chi connectivity index (χ3v) is 8.30. The maximum atomic E-state index is 13.5. The standard InChI is InChI=1S/C33H48N2O5/c1-3-5-6-10-18-32(38)40-24-29(19-25-14-8-7-9-15-25)34-33(39)27(13-4-2)21-31(37)35-22-28-17-12-11-16-26(28)20-30(35)23-36/h3-4,11-12,16-17,25,27,29-30,36H,1-2,5-10,13-15,18-24H2,(H,34,39). The van der Waals surface area contributed by atoms with E-state index in [-0.39, 0.29) is 49.5 Å². The number of hydrogen-bond donors (Lipinski definition) is 2. The number of benzene rings is 1. The summed E-state index contributed by atoms with van der Waals surface area (Å²) in [6.07, 6.45) is 14.0. The SMILES string of the molecule is C=CCCCCC(=O)OCC(CC1CCCCC1)NC(=O)C(CC=C)CC(=O)N1Cc2ccccc2CC1CO. The molecule has 3 unspecified atom stereocenters. The van der Waals surface area contributed by atoms with Crippen molar-refractivity contribution < 1.29 is 24.2 Å². The third-order valence-electron chi connectivity index (χ3n) is 8.30. The molecular weight excluding hydrogens is 504 g/mol. The van der Waals surface area contributed by atoms with Crippen LogP contribution in [0.5, 0.6) is 0 Å². The van der Waals surface area contributed by atoms with Crippen molar-refractivity contribution in [3.8, 4) is 0 Å². The van der Waals surface area contributed by atoms with Gasteiger partial charge in [0.25, 0.3) is 0 Å².